The molecule has 4 rings (SSSR count). The Kier molecular flexibility index (Phi) is 2.37. The monoisotopic (exact) mass is 224 g/mol. The highest BCUT2D eigenvalue weighted by Crippen LogP contribution is 2.57. The first-order valence-corrected chi connectivity index (χ1v) is 6.55. The largest absolute Gasteiger partial charge is 0.508 e. The van der Waals surface area contributed by atoms with Crippen LogP contribution in [0, 0.1) is 17.8 Å². The van der Waals surface area contributed by atoms with Gasteiger partial charge in [-0.25, -0.2) is 4.79 Å². The quantitative estimate of drug-likeness (QED) is 0.676. The highest BCUT2D eigenvalue weighted by Gasteiger charge is 2.53. The van der Waals surface area contributed by atoms with E-state index in [-0.39, 0.29) is 5.60 Å². The van der Waals surface area contributed by atoms with E-state index in [0.717, 1.165) is 37.0 Å². The molecule has 3 nitrogen and oxygen atoms in total. The highest BCUT2D eigenvalue weighted by molar-refractivity contribution is 5.60. The average molecular weight is 224 g/mol. The fourth-order valence-corrected chi connectivity index (χ4v) is 4.48. The maximum atomic E-state index is 11.5. The normalized spacial score (nSPS) is 44.4. The second kappa shape index (κ2) is 3.64. The van der Waals surface area contributed by atoms with Crippen LogP contribution < -0.4 is 0 Å². The minimum Gasteiger partial charge on any atom is -0.435 e. The molecule has 16 heavy (non-hydrogen) atoms. The smallest absolute Gasteiger partial charge is 0.435 e. The molecule has 4 saturated carbocycles. The lowest BCUT2D eigenvalue weighted by Gasteiger charge is -2.55. The van der Waals surface area contributed by atoms with Gasteiger partial charge in [-0.1, -0.05) is 0 Å². The van der Waals surface area contributed by atoms with Gasteiger partial charge in [0.25, 0.3) is 0 Å². The van der Waals surface area contributed by atoms with Gasteiger partial charge < -0.3 is 9.47 Å². The van der Waals surface area contributed by atoms with Gasteiger partial charge in [0.1, 0.15) is 5.60 Å². The summed E-state index contributed by atoms with van der Waals surface area (Å²) in [7, 11) is 0. The van der Waals surface area contributed by atoms with Gasteiger partial charge >= 0.3 is 6.16 Å². The van der Waals surface area contributed by atoms with Crippen LogP contribution in [0.25, 0.3) is 0 Å². The third-order valence-corrected chi connectivity index (χ3v) is 4.54. The summed E-state index contributed by atoms with van der Waals surface area (Å²) in [6.07, 6.45) is 6.89. The van der Waals surface area contributed by atoms with E-state index in [1.807, 2.05) is 6.92 Å². The Morgan fingerprint density at radius 1 is 1.12 bits per heavy atom. The molecule has 3 heteroatoms. The zero-order valence-corrected chi connectivity index (χ0v) is 9.91. The van der Waals surface area contributed by atoms with Crippen molar-refractivity contribution in [2.75, 3.05) is 6.61 Å². The Balaban J connectivity index is 1.71. The molecule has 0 aliphatic heterocycles. The first kappa shape index (κ1) is 10.4. The predicted octanol–water partition coefficient (Wildman–Crippen LogP) is 3.13. The summed E-state index contributed by atoms with van der Waals surface area (Å²) in [6, 6.07) is 0. The minimum atomic E-state index is -0.454. The molecule has 0 aromatic carbocycles. The fourth-order valence-electron chi connectivity index (χ4n) is 4.48. The van der Waals surface area contributed by atoms with Crippen LogP contribution in [0.5, 0.6) is 0 Å². The molecule has 0 N–H and O–H groups in total. The van der Waals surface area contributed by atoms with Crippen LogP contribution in [0.4, 0.5) is 4.79 Å². The summed E-state index contributed by atoms with van der Waals surface area (Å²) in [5.41, 5.74) is -0.152. The third-order valence-electron chi connectivity index (χ3n) is 4.54. The van der Waals surface area contributed by atoms with E-state index in [2.05, 4.69) is 0 Å². The lowest BCUT2D eigenvalue weighted by molar-refractivity contribution is -0.141. The average Bonchev–Trinajstić information content (AvgIpc) is 2.13. The van der Waals surface area contributed by atoms with E-state index in [1.54, 1.807) is 0 Å². The molecule has 4 aliphatic rings. The number of carbonyl (C=O) groups is 1. The molecule has 4 aliphatic carbocycles. The number of rotatable bonds is 2. The minimum absolute atomic E-state index is 0.152. The Morgan fingerprint density at radius 3 is 2.06 bits per heavy atom. The van der Waals surface area contributed by atoms with Crippen molar-refractivity contribution in [3.05, 3.63) is 0 Å². The molecule has 0 heterocycles. The summed E-state index contributed by atoms with van der Waals surface area (Å²) in [5.74, 6) is 2.42. The Hall–Kier alpha value is -0.730. The first-order chi connectivity index (χ1) is 7.69. The maximum Gasteiger partial charge on any atom is 0.508 e. The SMILES string of the molecule is CCOC(=O)OC12CC3CC(CC(C3)C1)C2. The first-order valence-electron chi connectivity index (χ1n) is 6.55. The number of hydrogen-bond acceptors (Lipinski definition) is 3. The van der Waals surface area contributed by atoms with Crippen LogP contribution >= 0.6 is 0 Å². The summed E-state index contributed by atoms with van der Waals surface area (Å²) in [5, 5.41) is 0. The third kappa shape index (κ3) is 1.70. The second-order valence-electron chi connectivity index (χ2n) is 5.89. The molecule has 90 valence electrons. The van der Waals surface area contributed by atoms with Crippen LogP contribution in [0.2, 0.25) is 0 Å². The van der Waals surface area contributed by atoms with Gasteiger partial charge in [-0.3, -0.25) is 0 Å². The van der Waals surface area contributed by atoms with Crippen molar-refractivity contribution in [3.63, 3.8) is 0 Å². The number of hydrogen-bond donors (Lipinski definition) is 0. The number of ether oxygens (including phenoxy) is 2. The Morgan fingerprint density at radius 2 is 1.62 bits per heavy atom. The van der Waals surface area contributed by atoms with Gasteiger partial charge in [0, 0.05) is 0 Å². The summed E-state index contributed by atoms with van der Waals surface area (Å²) >= 11 is 0. The van der Waals surface area contributed by atoms with Gasteiger partial charge in [0.05, 0.1) is 6.61 Å². The molecule has 0 unspecified atom stereocenters. The number of carbonyl (C=O) groups excluding carboxylic acids is 1. The molecule has 0 radical (unpaired) electrons. The summed E-state index contributed by atoms with van der Waals surface area (Å²) in [6.45, 7) is 2.23. The molecule has 0 amide bonds. The van der Waals surface area contributed by atoms with Crippen LogP contribution in [0.1, 0.15) is 45.4 Å². The molecular weight excluding hydrogens is 204 g/mol. The lowest BCUT2D eigenvalue weighted by atomic mass is 9.54. The van der Waals surface area contributed by atoms with E-state index in [0.29, 0.717) is 6.61 Å². The van der Waals surface area contributed by atoms with Gasteiger partial charge in [0.15, 0.2) is 0 Å². The molecule has 0 aromatic rings. The van der Waals surface area contributed by atoms with E-state index < -0.39 is 6.16 Å². The van der Waals surface area contributed by atoms with Crippen LogP contribution in [-0.4, -0.2) is 18.4 Å². The van der Waals surface area contributed by atoms with Crippen molar-refractivity contribution in [2.24, 2.45) is 17.8 Å². The van der Waals surface area contributed by atoms with Gasteiger partial charge in [0.2, 0.25) is 0 Å². The van der Waals surface area contributed by atoms with Crippen LogP contribution in [0.3, 0.4) is 0 Å². The Labute approximate surface area is 96.5 Å². The molecule has 0 aromatic heterocycles. The lowest BCUT2D eigenvalue weighted by Crippen LogP contribution is -2.52. The van der Waals surface area contributed by atoms with Crippen LogP contribution in [0.15, 0.2) is 0 Å². The van der Waals surface area contributed by atoms with Crippen molar-refractivity contribution >= 4 is 6.16 Å². The van der Waals surface area contributed by atoms with Crippen molar-refractivity contribution in [3.8, 4) is 0 Å². The van der Waals surface area contributed by atoms with E-state index in [4.69, 9.17) is 9.47 Å². The van der Waals surface area contributed by atoms with Gasteiger partial charge in [-0.15, -0.1) is 0 Å². The molecular formula is C13H20O3. The molecule has 0 atom stereocenters. The topological polar surface area (TPSA) is 35.5 Å². The summed E-state index contributed by atoms with van der Waals surface area (Å²) in [4.78, 5) is 11.5. The van der Waals surface area contributed by atoms with Crippen molar-refractivity contribution in [1.82, 2.24) is 0 Å². The summed E-state index contributed by atoms with van der Waals surface area (Å²) < 4.78 is 10.5. The van der Waals surface area contributed by atoms with Crippen molar-refractivity contribution in [2.45, 2.75) is 51.0 Å². The maximum absolute atomic E-state index is 11.5. The second-order valence-corrected chi connectivity index (χ2v) is 5.89. The fraction of sp³-hybridized carbons (Fsp3) is 0.923. The molecule has 0 saturated heterocycles. The predicted molar refractivity (Wildman–Crippen MR) is 59.0 cm³/mol. The Bertz CT molecular complexity index is 262. The van der Waals surface area contributed by atoms with Crippen LogP contribution in [-0.2, 0) is 9.47 Å². The highest BCUT2D eigenvalue weighted by atomic mass is 16.7. The van der Waals surface area contributed by atoms with E-state index in [1.165, 1.54) is 19.3 Å². The van der Waals surface area contributed by atoms with E-state index in [9.17, 15) is 4.79 Å². The van der Waals surface area contributed by atoms with Gasteiger partial charge in [-0.2, -0.15) is 0 Å². The van der Waals surface area contributed by atoms with E-state index >= 15 is 0 Å². The standard InChI is InChI=1S/C13H20O3/c1-2-15-12(14)16-13-6-9-3-10(7-13)5-11(4-9)8-13/h9-11H,2-8H2,1H3. The zero-order valence-electron chi connectivity index (χ0n) is 9.91. The zero-order chi connectivity index (χ0) is 11.2. The van der Waals surface area contributed by atoms with Crippen molar-refractivity contribution in [1.29, 1.82) is 0 Å². The molecule has 4 fully saturated rings. The molecule has 0 spiro atoms. The molecule has 4 bridgehead atoms. The van der Waals surface area contributed by atoms with Gasteiger partial charge in [-0.05, 0) is 63.2 Å². The van der Waals surface area contributed by atoms with Crippen molar-refractivity contribution < 1.29 is 14.3 Å².